The summed E-state index contributed by atoms with van der Waals surface area (Å²) in [5, 5.41) is 6.76. The van der Waals surface area contributed by atoms with Gasteiger partial charge in [-0.25, -0.2) is 0 Å². The summed E-state index contributed by atoms with van der Waals surface area (Å²) in [6.45, 7) is 1.71. The fourth-order valence-electron chi connectivity index (χ4n) is 3.06. The van der Waals surface area contributed by atoms with Crippen LogP contribution in [0.2, 0.25) is 0 Å². The van der Waals surface area contributed by atoms with Gasteiger partial charge < -0.3 is 15.4 Å². The highest BCUT2D eigenvalue weighted by Gasteiger charge is 2.28. The molecule has 3 heterocycles. The van der Waals surface area contributed by atoms with Gasteiger partial charge in [0, 0.05) is 25.5 Å². The Morgan fingerprint density at radius 3 is 2.79 bits per heavy atom. The second-order valence-corrected chi connectivity index (χ2v) is 6.69. The number of methoxy groups -OCH3 is 1. The lowest BCUT2D eigenvalue weighted by Gasteiger charge is -2.31. The normalized spacial score (nSPS) is 25.4. The molecule has 3 aliphatic rings. The molecule has 2 unspecified atom stereocenters. The molecule has 0 spiro atoms. The number of nitrogens with zero attached hydrogens (tertiary/aromatic N) is 3. The SMILES string of the molecule is COc1ccc2c(c1)CN(C1N=CC=C(C3N=CC=C(Br)N3)N1)C2. The van der Waals surface area contributed by atoms with Gasteiger partial charge in [-0.15, -0.1) is 0 Å². The van der Waals surface area contributed by atoms with Gasteiger partial charge in [0.1, 0.15) is 5.75 Å². The van der Waals surface area contributed by atoms with Gasteiger partial charge in [0.05, 0.1) is 17.4 Å². The Morgan fingerprint density at radius 1 is 1.12 bits per heavy atom. The van der Waals surface area contributed by atoms with Gasteiger partial charge in [-0.3, -0.25) is 14.9 Å². The number of nitrogens with one attached hydrogen (secondary N) is 2. The number of allylic oxidation sites excluding steroid dienone is 2. The Labute approximate surface area is 149 Å². The van der Waals surface area contributed by atoms with Crippen molar-refractivity contribution < 1.29 is 4.74 Å². The van der Waals surface area contributed by atoms with E-state index >= 15 is 0 Å². The van der Waals surface area contributed by atoms with E-state index in [4.69, 9.17) is 4.74 Å². The summed E-state index contributed by atoms with van der Waals surface area (Å²) in [7, 11) is 1.70. The maximum Gasteiger partial charge on any atom is 0.176 e. The zero-order valence-electron chi connectivity index (χ0n) is 13.2. The zero-order chi connectivity index (χ0) is 16.5. The van der Waals surface area contributed by atoms with Crippen LogP contribution < -0.4 is 15.4 Å². The fourth-order valence-corrected chi connectivity index (χ4v) is 3.40. The van der Waals surface area contributed by atoms with Gasteiger partial charge in [-0.1, -0.05) is 6.07 Å². The smallest absolute Gasteiger partial charge is 0.176 e. The van der Waals surface area contributed by atoms with Crippen molar-refractivity contribution in [2.45, 2.75) is 25.5 Å². The molecule has 124 valence electrons. The minimum absolute atomic E-state index is 0.0925. The van der Waals surface area contributed by atoms with Gasteiger partial charge >= 0.3 is 0 Å². The molecule has 3 aliphatic heterocycles. The highest BCUT2D eigenvalue weighted by atomic mass is 79.9. The van der Waals surface area contributed by atoms with E-state index in [-0.39, 0.29) is 12.5 Å². The summed E-state index contributed by atoms with van der Waals surface area (Å²) >= 11 is 3.46. The van der Waals surface area contributed by atoms with Crippen molar-refractivity contribution in [2.24, 2.45) is 9.98 Å². The predicted molar refractivity (Wildman–Crippen MR) is 98.2 cm³/mol. The van der Waals surface area contributed by atoms with E-state index in [1.54, 1.807) is 13.3 Å². The Morgan fingerprint density at radius 2 is 1.96 bits per heavy atom. The highest BCUT2D eigenvalue weighted by Crippen LogP contribution is 2.28. The van der Waals surface area contributed by atoms with Crippen LogP contribution in [0.15, 0.2) is 50.6 Å². The lowest BCUT2D eigenvalue weighted by molar-refractivity contribution is 0.178. The van der Waals surface area contributed by atoms with Crippen LogP contribution in [0.25, 0.3) is 0 Å². The molecule has 0 fully saturated rings. The Kier molecular flexibility index (Phi) is 4.12. The maximum atomic E-state index is 5.32. The summed E-state index contributed by atoms with van der Waals surface area (Å²) in [6, 6.07) is 6.25. The van der Waals surface area contributed by atoms with Crippen molar-refractivity contribution in [1.29, 1.82) is 0 Å². The molecule has 1 aromatic carbocycles. The van der Waals surface area contributed by atoms with E-state index in [0.717, 1.165) is 29.1 Å². The van der Waals surface area contributed by atoms with Gasteiger partial charge in [0.2, 0.25) is 0 Å². The molecular weight excluding hydrogens is 370 g/mol. The Bertz CT molecular complexity index is 770. The van der Waals surface area contributed by atoms with Crippen molar-refractivity contribution in [2.75, 3.05) is 7.11 Å². The first kappa shape index (κ1) is 15.4. The van der Waals surface area contributed by atoms with Gasteiger partial charge in [-0.2, -0.15) is 0 Å². The molecular formula is C17H18BrN5O. The van der Waals surface area contributed by atoms with E-state index in [0.29, 0.717) is 0 Å². The molecule has 1 aromatic rings. The van der Waals surface area contributed by atoms with Crippen molar-refractivity contribution in [3.63, 3.8) is 0 Å². The molecule has 0 aromatic heterocycles. The van der Waals surface area contributed by atoms with Crippen molar-refractivity contribution in [3.8, 4) is 5.75 Å². The van der Waals surface area contributed by atoms with Crippen LogP contribution in [-0.4, -0.2) is 36.9 Å². The molecule has 0 amide bonds. The van der Waals surface area contributed by atoms with E-state index in [1.807, 2.05) is 24.4 Å². The standard InChI is InChI=1S/C17H18BrN5O/c1-24-13-3-2-11-9-23(10-12(11)8-13)17-20-6-4-14(21-17)16-19-7-5-15(18)22-16/h2-8,16-17,21-22H,9-10H2,1H3. The number of benzene rings is 1. The third-order valence-electron chi connectivity index (χ3n) is 4.31. The highest BCUT2D eigenvalue weighted by molar-refractivity contribution is 9.11. The first-order valence-corrected chi connectivity index (χ1v) is 8.57. The van der Waals surface area contributed by atoms with Gasteiger partial charge in [-0.05, 0) is 51.3 Å². The van der Waals surface area contributed by atoms with Crippen LogP contribution in [0.1, 0.15) is 11.1 Å². The summed E-state index contributed by atoms with van der Waals surface area (Å²) in [6.07, 6.45) is 7.28. The third-order valence-corrected chi connectivity index (χ3v) is 4.80. The zero-order valence-corrected chi connectivity index (χ0v) is 14.8. The molecule has 6 nitrogen and oxygen atoms in total. The lowest BCUT2D eigenvalue weighted by atomic mass is 10.1. The van der Waals surface area contributed by atoms with E-state index in [9.17, 15) is 0 Å². The van der Waals surface area contributed by atoms with Crippen molar-refractivity contribution >= 4 is 28.4 Å². The van der Waals surface area contributed by atoms with Crippen molar-refractivity contribution in [3.05, 3.63) is 51.8 Å². The van der Waals surface area contributed by atoms with E-state index in [2.05, 4.69) is 53.6 Å². The molecule has 4 rings (SSSR count). The van der Waals surface area contributed by atoms with Gasteiger partial charge in [0.15, 0.2) is 12.5 Å². The average molecular weight is 388 g/mol. The van der Waals surface area contributed by atoms with Gasteiger partial charge in [0.25, 0.3) is 0 Å². The largest absolute Gasteiger partial charge is 0.497 e. The number of hydrogen-bond donors (Lipinski definition) is 2. The molecule has 2 atom stereocenters. The van der Waals surface area contributed by atoms with Crippen LogP contribution in [0.4, 0.5) is 0 Å². The number of fused-ring (bicyclic) bond motifs is 1. The second-order valence-electron chi connectivity index (χ2n) is 5.84. The summed E-state index contributed by atoms with van der Waals surface area (Å²) < 4.78 is 6.24. The van der Waals surface area contributed by atoms with Crippen LogP contribution in [0, 0.1) is 0 Å². The van der Waals surface area contributed by atoms with Crippen molar-refractivity contribution in [1.82, 2.24) is 15.5 Å². The lowest BCUT2D eigenvalue weighted by Crippen LogP contribution is -2.47. The number of aliphatic imine (C=N–C) groups is 2. The molecule has 0 aliphatic carbocycles. The molecule has 0 saturated heterocycles. The van der Waals surface area contributed by atoms with Crippen LogP contribution in [-0.2, 0) is 13.1 Å². The molecule has 0 saturated carbocycles. The monoisotopic (exact) mass is 387 g/mol. The summed E-state index contributed by atoms with van der Waals surface area (Å²) in [4.78, 5) is 11.3. The minimum atomic E-state index is -0.122. The predicted octanol–water partition coefficient (Wildman–Crippen LogP) is 2.09. The second kappa shape index (κ2) is 6.41. The van der Waals surface area contributed by atoms with Crippen LogP contribution in [0.5, 0.6) is 5.75 Å². The quantitative estimate of drug-likeness (QED) is 0.779. The van der Waals surface area contributed by atoms with E-state index in [1.165, 1.54) is 11.1 Å². The average Bonchev–Trinajstić information content (AvgIpc) is 3.05. The first-order valence-electron chi connectivity index (χ1n) is 7.78. The number of rotatable bonds is 3. The Hall–Kier alpha value is -2.12. The molecule has 0 radical (unpaired) electrons. The minimum Gasteiger partial charge on any atom is -0.497 e. The summed E-state index contributed by atoms with van der Waals surface area (Å²) in [5.74, 6) is 0.897. The fraction of sp³-hybridized carbons (Fsp3) is 0.294. The summed E-state index contributed by atoms with van der Waals surface area (Å²) in [5.41, 5.74) is 3.62. The van der Waals surface area contributed by atoms with Crippen LogP contribution >= 0.6 is 15.9 Å². The Balaban J connectivity index is 1.46. The third kappa shape index (κ3) is 2.97. The van der Waals surface area contributed by atoms with Crippen LogP contribution in [0.3, 0.4) is 0 Å². The topological polar surface area (TPSA) is 61.2 Å². The molecule has 7 heteroatoms. The molecule has 2 N–H and O–H groups in total. The molecule has 24 heavy (non-hydrogen) atoms. The maximum absolute atomic E-state index is 5.32. The molecule has 0 bridgehead atoms. The number of ether oxygens (including phenoxy) is 1. The first-order chi connectivity index (χ1) is 11.7. The number of halogens is 1. The van der Waals surface area contributed by atoms with E-state index < -0.39 is 0 Å². The number of hydrogen-bond acceptors (Lipinski definition) is 6.